The summed E-state index contributed by atoms with van der Waals surface area (Å²) in [5.41, 5.74) is 15.3. The molecular weight excluding hydrogens is 811 g/mol. The van der Waals surface area contributed by atoms with Crippen LogP contribution in [0.25, 0.3) is 131 Å². The summed E-state index contributed by atoms with van der Waals surface area (Å²) in [5, 5.41) is 11.4. The van der Waals surface area contributed by atoms with Crippen LogP contribution in [0.4, 0.5) is 0 Å². The zero-order valence-electron chi connectivity index (χ0n) is 35.1. The minimum absolute atomic E-state index is 0.955. The maximum absolute atomic E-state index is 6.29. The van der Waals surface area contributed by atoms with E-state index >= 15 is 0 Å². The molecule has 1 aliphatic rings. The number of rotatable bonds is 4. The van der Waals surface area contributed by atoms with Gasteiger partial charge in [-0.1, -0.05) is 109 Å². The molecule has 0 atom stereocenters. The van der Waals surface area contributed by atoms with E-state index in [1.165, 1.54) is 108 Å². The van der Waals surface area contributed by atoms with Crippen molar-refractivity contribution in [2.75, 3.05) is 0 Å². The standard InChI is InChI=1S/C60H37N3OS/c1-7-19-50-41(13-1)42-14-2-8-20-51(42)62(50)39-31-37(32-40(34-39)63-52-21-9-3-15-43(52)44-16-4-10-22-53(44)63)36-25-30-58-49(33-36)46-27-28-55-59(60(46)65-58)47-18-5-11-23-54(47)61(55)38-26-29-57-48(35-38)45-17-6-12-24-56(45)64-57/h1-5,7-16,18-35H,6,17H2. The van der Waals surface area contributed by atoms with Crippen molar-refractivity contribution in [1.29, 1.82) is 0 Å². The van der Waals surface area contributed by atoms with Gasteiger partial charge < -0.3 is 18.1 Å². The molecule has 65 heavy (non-hydrogen) atoms. The molecule has 0 unspecified atom stereocenters. The fraction of sp³-hybridized carbons (Fsp3) is 0.0333. The first-order chi connectivity index (χ1) is 32.2. The highest BCUT2D eigenvalue weighted by Gasteiger charge is 2.22. The predicted octanol–water partition coefficient (Wildman–Crippen LogP) is 16.7. The number of furan rings is 1. The summed E-state index contributed by atoms with van der Waals surface area (Å²) in [6, 6.07) is 69.8. The van der Waals surface area contributed by atoms with Gasteiger partial charge in [-0.3, -0.25) is 0 Å². The number of allylic oxidation sites excluding steroid dienone is 1. The molecule has 5 heteroatoms. The van der Waals surface area contributed by atoms with Gasteiger partial charge in [0, 0.05) is 80.5 Å². The topological polar surface area (TPSA) is 27.9 Å². The molecule has 0 amide bonds. The SMILES string of the molecule is C1=Cc2oc3ccc(-n4c5ccccc5c5c6sc7ccc(-c8cc(-n9c%10ccccc%10c%10ccccc%109)cc(-n9c%10ccccc%10c%10ccccc%109)c8)cc7c6ccc54)cc3c2CC1. The lowest BCUT2D eigenvalue weighted by Crippen LogP contribution is -2.00. The van der Waals surface area contributed by atoms with E-state index < -0.39 is 0 Å². The summed E-state index contributed by atoms with van der Waals surface area (Å²) in [5.74, 6) is 0.998. The number of nitrogens with zero attached hydrogens (tertiary/aromatic N) is 3. The van der Waals surface area contributed by atoms with Crippen LogP contribution in [0.3, 0.4) is 0 Å². The number of hydrogen-bond donors (Lipinski definition) is 0. The Balaban J connectivity index is 0.966. The second-order valence-electron chi connectivity index (χ2n) is 17.5. The maximum atomic E-state index is 6.29. The molecule has 0 radical (unpaired) electrons. The lowest BCUT2D eigenvalue weighted by molar-refractivity contribution is 0.595. The fourth-order valence-electron chi connectivity index (χ4n) is 11.3. The van der Waals surface area contributed by atoms with Crippen molar-refractivity contribution in [2.24, 2.45) is 0 Å². The molecule has 0 saturated carbocycles. The Hall–Kier alpha value is -8.12. The lowest BCUT2D eigenvalue weighted by atomic mass is 10.0. The summed E-state index contributed by atoms with van der Waals surface area (Å²) in [6.45, 7) is 0. The number of thiophene rings is 1. The molecule has 0 aliphatic heterocycles. The van der Waals surface area contributed by atoms with Crippen LogP contribution in [-0.2, 0) is 6.42 Å². The third-order valence-electron chi connectivity index (χ3n) is 14.1. The third-order valence-corrected chi connectivity index (χ3v) is 15.3. The third kappa shape index (κ3) is 4.96. The molecule has 0 bridgehead atoms. The Bertz CT molecular complexity index is 4140. The molecule has 0 spiro atoms. The Morgan fingerprint density at radius 3 is 1.60 bits per heavy atom. The number of para-hydroxylation sites is 5. The maximum Gasteiger partial charge on any atom is 0.135 e. The van der Waals surface area contributed by atoms with E-state index in [0.29, 0.717) is 0 Å². The highest BCUT2D eigenvalue weighted by atomic mass is 32.1. The first-order valence-electron chi connectivity index (χ1n) is 22.5. The molecule has 1 aliphatic carbocycles. The van der Waals surface area contributed by atoms with Crippen LogP contribution in [-0.4, -0.2) is 13.7 Å². The number of aryl methyl sites for hydroxylation is 1. The first-order valence-corrected chi connectivity index (χ1v) is 23.3. The smallest absolute Gasteiger partial charge is 0.135 e. The van der Waals surface area contributed by atoms with Gasteiger partial charge >= 0.3 is 0 Å². The number of benzene rings is 9. The van der Waals surface area contributed by atoms with E-state index in [2.05, 4.69) is 214 Å². The molecule has 9 aromatic carbocycles. The van der Waals surface area contributed by atoms with Crippen LogP contribution in [0.1, 0.15) is 17.7 Å². The highest BCUT2D eigenvalue weighted by Crippen LogP contribution is 2.46. The van der Waals surface area contributed by atoms with Crippen LogP contribution in [0, 0.1) is 0 Å². The van der Waals surface area contributed by atoms with Gasteiger partial charge in [-0.2, -0.15) is 0 Å². The molecule has 15 rings (SSSR count). The first kappa shape index (κ1) is 35.4. The van der Waals surface area contributed by atoms with Crippen molar-refractivity contribution in [1.82, 2.24) is 13.7 Å². The average Bonchev–Trinajstić information content (AvgIpc) is 4.17. The van der Waals surface area contributed by atoms with Gasteiger partial charge in [-0.25, -0.2) is 0 Å². The summed E-state index contributed by atoms with van der Waals surface area (Å²) >= 11 is 1.90. The van der Waals surface area contributed by atoms with Crippen LogP contribution in [0.5, 0.6) is 0 Å². The number of fused-ring (bicyclic) bond motifs is 16. The number of aromatic nitrogens is 3. The molecule has 0 saturated heterocycles. The van der Waals surface area contributed by atoms with Crippen molar-refractivity contribution in [3.8, 4) is 28.2 Å². The van der Waals surface area contributed by atoms with Gasteiger partial charge in [0.1, 0.15) is 11.3 Å². The largest absolute Gasteiger partial charge is 0.456 e. The van der Waals surface area contributed by atoms with E-state index in [4.69, 9.17) is 4.42 Å². The van der Waals surface area contributed by atoms with E-state index in [0.717, 1.165) is 41.2 Å². The Kier molecular flexibility index (Phi) is 7.18. The molecule has 0 fully saturated rings. The second kappa shape index (κ2) is 13.2. The highest BCUT2D eigenvalue weighted by molar-refractivity contribution is 7.26. The molecule has 5 aromatic heterocycles. The van der Waals surface area contributed by atoms with Gasteiger partial charge in [0.2, 0.25) is 0 Å². The van der Waals surface area contributed by atoms with Crippen LogP contribution in [0.2, 0.25) is 0 Å². The van der Waals surface area contributed by atoms with Crippen LogP contribution >= 0.6 is 11.3 Å². The van der Waals surface area contributed by atoms with Crippen molar-refractivity contribution >= 4 is 114 Å². The molecular formula is C60H37N3OS. The van der Waals surface area contributed by atoms with Gasteiger partial charge in [-0.05, 0) is 115 Å². The van der Waals surface area contributed by atoms with Crippen molar-refractivity contribution < 1.29 is 4.42 Å². The summed E-state index contributed by atoms with van der Waals surface area (Å²) in [7, 11) is 0. The van der Waals surface area contributed by atoms with Crippen LogP contribution in [0.15, 0.2) is 199 Å². The van der Waals surface area contributed by atoms with Gasteiger partial charge in [0.05, 0.1) is 33.1 Å². The Morgan fingerprint density at radius 1 is 0.400 bits per heavy atom. The minimum atomic E-state index is 0.955. The molecule has 4 nitrogen and oxygen atoms in total. The molecule has 304 valence electrons. The summed E-state index contributed by atoms with van der Waals surface area (Å²) in [6.07, 6.45) is 6.40. The Labute approximate surface area is 376 Å². The quantitative estimate of drug-likeness (QED) is 0.173. The van der Waals surface area contributed by atoms with Crippen molar-refractivity contribution in [3.05, 3.63) is 205 Å². The summed E-state index contributed by atoms with van der Waals surface area (Å²) < 4.78 is 16.3. The average molecular weight is 848 g/mol. The van der Waals surface area contributed by atoms with Gasteiger partial charge in [0.15, 0.2) is 0 Å². The normalized spacial score (nSPS) is 13.0. The van der Waals surface area contributed by atoms with Crippen molar-refractivity contribution in [3.63, 3.8) is 0 Å². The predicted molar refractivity (Wildman–Crippen MR) is 275 cm³/mol. The Morgan fingerprint density at radius 2 is 0.969 bits per heavy atom. The zero-order valence-corrected chi connectivity index (χ0v) is 35.9. The lowest BCUT2D eigenvalue weighted by Gasteiger charge is -2.16. The van der Waals surface area contributed by atoms with E-state index in [1.807, 2.05) is 11.3 Å². The zero-order chi connectivity index (χ0) is 42.3. The monoisotopic (exact) mass is 847 g/mol. The van der Waals surface area contributed by atoms with E-state index in [9.17, 15) is 0 Å². The summed E-state index contributed by atoms with van der Waals surface area (Å²) in [4.78, 5) is 0. The van der Waals surface area contributed by atoms with E-state index in [-0.39, 0.29) is 0 Å². The van der Waals surface area contributed by atoms with E-state index in [1.54, 1.807) is 0 Å². The molecule has 0 N–H and O–H groups in total. The fourth-order valence-corrected chi connectivity index (χ4v) is 12.5. The van der Waals surface area contributed by atoms with Gasteiger partial charge in [0.25, 0.3) is 0 Å². The second-order valence-corrected chi connectivity index (χ2v) is 18.6. The molecule has 5 heterocycles. The van der Waals surface area contributed by atoms with Crippen molar-refractivity contribution in [2.45, 2.75) is 12.8 Å². The molecule has 14 aromatic rings. The van der Waals surface area contributed by atoms with Crippen LogP contribution < -0.4 is 0 Å². The van der Waals surface area contributed by atoms with Gasteiger partial charge in [-0.15, -0.1) is 11.3 Å². The minimum Gasteiger partial charge on any atom is -0.456 e. The number of hydrogen-bond acceptors (Lipinski definition) is 2.